The number of hydrogen-bond donors (Lipinski definition) is 4. The number of hydrogen-bond acceptors (Lipinski definition) is 4. The summed E-state index contributed by atoms with van der Waals surface area (Å²) >= 11 is 6.22. The average Bonchev–Trinajstić information content (AvgIpc) is 2.56. The zero-order valence-electron chi connectivity index (χ0n) is 16.4. The number of aromatic amines is 1. The van der Waals surface area contributed by atoms with Crippen molar-refractivity contribution in [2.45, 2.75) is 40.3 Å². The Morgan fingerprint density at radius 2 is 1.93 bits per heavy atom. The highest BCUT2D eigenvalue weighted by Gasteiger charge is 2.16. The van der Waals surface area contributed by atoms with Gasteiger partial charge in [0.15, 0.2) is 0 Å². The van der Waals surface area contributed by atoms with Gasteiger partial charge in [-0.25, -0.2) is 0 Å². The van der Waals surface area contributed by atoms with Crippen molar-refractivity contribution < 1.29 is 4.79 Å². The lowest BCUT2D eigenvalue weighted by Crippen LogP contribution is -2.30. The Bertz CT molecular complexity index is 892. The van der Waals surface area contributed by atoms with Crippen LogP contribution in [0.3, 0.4) is 0 Å². The van der Waals surface area contributed by atoms with Crippen molar-refractivity contribution in [3.63, 3.8) is 0 Å². The first-order valence-electron chi connectivity index (χ1n) is 8.91. The van der Waals surface area contributed by atoms with E-state index in [1.165, 1.54) is 0 Å². The molecule has 4 N–H and O–H groups in total. The molecule has 0 aliphatic heterocycles. The minimum Gasteiger partial charge on any atom is -0.381 e. The number of benzene rings is 1. The molecule has 2 rings (SSSR count). The summed E-state index contributed by atoms with van der Waals surface area (Å²) in [5.41, 5.74) is 4.14. The molecule has 27 heavy (non-hydrogen) atoms. The maximum atomic E-state index is 12.7. The lowest BCUT2D eigenvalue weighted by molar-refractivity contribution is 0.0950. The molecule has 1 heterocycles. The van der Waals surface area contributed by atoms with Gasteiger partial charge in [-0.1, -0.05) is 11.6 Å². The predicted octanol–water partition coefficient (Wildman–Crippen LogP) is 2.90. The van der Waals surface area contributed by atoms with Crippen LogP contribution in [0.25, 0.3) is 0 Å². The molecule has 1 amide bonds. The van der Waals surface area contributed by atoms with Crippen molar-refractivity contribution in [3.8, 4) is 0 Å². The molecule has 0 saturated carbocycles. The fraction of sp³-hybridized carbons (Fsp3) is 0.400. The van der Waals surface area contributed by atoms with E-state index in [-0.39, 0.29) is 24.1 Å². The van der Waals surface area contributed by atoms with E-state index < -0.39 is 0 Å². The van der Waals surface area contributed by atoms with Gasteiger partial charge in [0.1, 0.15) is 0 Å². The molecule has 1 aromatic carbocycles. The number of amides is 1. The van der Waals surface area contributed by atoms with E-state index in [1.807, 2.05) is 46.9 Å². The Labute approximate surface area is 164 Å². The van der Waals surface area contributed by atoms with Crippen LogP contribution in [0.1, 0.15) is 39.7 Å². The Hall–Kier alpha value is -2.31. The van der Waals surface area contributed by atoms with Crippen LogP contribution in [0.2, 0.25) is 5.02 Å². The van der Waals surface area contributed by atoms with E-state index in [0.717, 1.165) is 29.1 Å². The summed E-state index contributed by atoms with van der Waals surface area (Å²) in [5, 5.41) is 9.78. The molecule has 2 aromatic rings. The topological polar surface area (TPSA) is 86.0 Å². The van der Waals surface area contributed by atoms with Gasteiger partial charge >= 0.3 is 0 Å². The highest BCUT2D eigenvalue weighted by molar-refractivity contribution is 6.31. The molecule has 0 spiro atoms. The Morgan fingerprint density at radius 1 is 1.22 bits per heavy atom. The van der Waals surface area contributed by atoms with Crippen molar-refractivity contribution in [2.75, 3.05) is 18.9 Å². The molecule has 6 nitrogen and oxygen atoms in total. The lowest BCUT2D eigenvalue weighted by Gasteiger charge is -2.19. The van der Waals surface area contributed by atoms with Crippen LogP contribution in [-0.4, -0.2) is 30.5 Å². The Balaban J connectivity index is 2.21. The second-order valence-electron chi connectivity index (χ2n) is 6.85. The fourth-order valence-corrected chi connectivity index (χ4v) is 3.27. The first-order chi connectivity index (χ1) is 12.7. The summed E-state index contributed by atoms with van der Waals surface area (Å²) in [5.74, 6) is -0.265. The van der Waals surface area contributed by atoms with E-state index in [0.29, 0.717) is 16.1 Å². The summed E-state index contributed by atoms with van der Waals surface area (Å²) in [4.78, 5) is 27.6. The number of H-pyrrole nitrogens is 1. The number of carbonyl (C=O) groups is 1. The number of rotatable bonds is 7. The number of aromatic nitrogens is 1. The number of halogens is 1. The molecule has 0 aliphatic rings. The third-order valence-corrected chi connectivity index (χ3v) is 4.67. The third kappa shape index (κ3) is 5.34. The average molecular weight is 391 g/mol. The highest BCUT2D eigenvalue weighted by atomic mass is 35.5. The molecule has 1 atom stereocenters. The summed E-state index contributed by atoms with van der Waals surface area (Å²) in [7, 11) is 1.89. The molecule has 0 bridgehead atoms. The molecule has 0 radical (unpaired) electrons. The maximum absolute atomic E-state index is 12.7. The zero-order chi connectivity index (χ0) is 20.1. The summed E-state index contributed by atoms with van der Waals surface area (Å²) in [6.07, 6.45) is 0. The van der Waals surface area contributed by atoms with E-state index in [1.54, 1.807) is 6.07 Å². The quantitative estimate of drug-likeness (QED) is 0.585. The van der Waals surface area contributed by atoms with Crippen LogP contribution >= 0.6 is 11.6 Å². The van der Waals surface area contributed by atoms with Crippen molar-refractivity contribution >= 4 is 23.2 Å². The Morgan fingerprint density at radius 3 is 2.56 bits per heavy atom. The van der Waals surface area contributed by atoms with E-state index >= 15 is 0 Å². The second-order valence-corrected chi connectivity index (χ2v) is 7.29. The van der Waals surface area contributed by atoms with Crippen molar-refractivity contribution in [1.29, 1.82) is 0 Å². The molecule has 7 heteroatoms. The number of anilines is 1. The van der Waals surface area contributed by atoms with Crippen LogP contribution in [0.5, 0.6) is 0 Å². The fourth-order valence-electron chi connectivity index (χ4n) is 3.05. The summed E-state index contributed by atoms with van der Waals surface area (Å²) in [6, 6.07) is 5.52. The van der Waals surface area contributed by atoms with Gasteiger partial charge < -0.3 is 20.9 Å². The molecule has 1 unspecified atom stereocenters. The van der Waals surface area contributed by atoms with Gasteiger partial charge in [-0.15, -0.1) is 0 Å². The van der Waals surface area contributed by atoms with Gasteiger partial charge in [0.05, 0.1) is 0 Å². The molecular weight excluding hydrogens is 364 g/mol. The van der Waals surface area contributed by atoms with Crippen molar-refractivity contribution in [2.24, 2.45) is 0 Å². The van der Waals surface area contributed by atoms with Crippen LogP contribution in [0.4, 0.5) is 5.69 Å². The molecule has 1 aromatic heterocycles. The number of likely N-dealkylation sites (N-methyl/N-ethyl adjacent to an activating group) is 1. The maximum Gasteiger partial charge on any atom is 0.253 e. The molecule has 146 valence electrons. The first-order valence-corrected chi connectivity index (χ1v) is 9.29. The van der Waals surface area contributed by atoms with Gasteiger partial charge in [0.25, 0.3) is 11.5 Å². The summed E-state index contributed by atoms with van der Waals surface area (Å²) < 4.78 is 0. The van der Waals surface area contributed by atoms with Crippen LogP contribution in [0.15, 0.2) is 23.0 Å². The van der Waals surface area contributed by atoms with Gasteiger partial charge in [0.2, 0.25) is 0 Å². The van der Waals surface area contributed by atoms with Crippen LogP contribution < -0.4 is 21.5 Å². The van der Waals surface area contributed by atoms with Gasteiger partial charge in [-0.05, 0) is 64.1 Å². The smallest absolute Gasteiger partial charge is 0.253 e. The molecular formula is C20H27ClN4O2. The van der Waals surface area contributed by atoms with E-state index in [2.05, 4.69) is 20.9 Å². The number of nitrogens with one attached hydrogen (secondary N) is 4. The van der Waals surface area contributed by atoms with Crippen LogP contribution in [0, 0.1) is 20.8 Å². The predicted molar refractivity (Wildman–Crippen MR) is 111 cm³/mol. The lowest BCUT2D eigenvalue weighted by atomic mass is 10.0. The van der Waals surface area contributed by atoms with E-state index in [9.17, 15) is 9.59 Å². The summed E-state index contributed by atoms with van der Waals surface area (Å²) in [6.45, 7) is 8.55. The van der Waals surface area contributed by atoms with E-state index in [4.69, 9.17) is 11.6 Å². The zero-order valence-corrected chi connectivity index (χ0v) is 17.2. The highest BCUT2D eigenvalue weighted by Crippen LogP contribution is 2.25. The van der Waals surface area contributed by atoms with Gasteiger partial charge in [-0.3, -0.25) is 9.59 Å². The normalized spacial score (nSPS) is 11.9. The number of carbonyl (C=O) groups excluding carboxylic acids is 1. The second kappa shape index (κ2) is 9.06. The third-order valence-electron chi connectivity index (χ3n) is 4.45. The van der Waals surface area contributed by atoms with Crippen LogP contribution in [-0.2, 0) is 6.54 Å². The first kappa shape index (κ1) is 21.0. The van der Waals surface area contributed by atoms with Crippen molar-refractivity contribution in [1.82, 2.24) is 15.6 Å². The van der Waals surface area contributed by atoms with Gasteiger partial charge in [-0.2, -0.15) is 0 Å². The molecule has 0 saturated heterocycles. The van der Waals surface area contributed by atoms with Crippen molar-refractivity contribution in [3.05, 3.63) is 61.5 Å². The standard InChI is InChI=1S/C20H27ClN4O2/c1-11-6-12(2)25-20(27)17(11)10-23-19(26)16-7-15(21)8-18(14(16)4)24-13(3)9-22-5/h6-8,13,22,24H,9-10H2,1-5H3,(H,23,26)(H,25,27). The minimum absolute atomic E-state index is 0.158. The number of pyridine rings is 1. The van der Waals surface area contributed by atoms with Gasteiger partial charge in [0, 0.05) is 46.7 Å². The Kier molecular flexibility index (Phi) is 7.05. The molecule has 0 aliphatic carbocycles. The monoisotopic (exact) mass is 390 g/mol. The number of aryl methyl sites for hydroxylation is 2. The minimum atomic E-state index is -0.265. The molecule has 0 fully saturated rings. The largest absolute Gasteiger partial charge is 0.381 e. The SMILES string of the molecule is CNCC(C)Nc1cc(Cl)cc(C(=O)NCc2c(C)cc(C)[nH]c2=O)c1C.